The number of hydrazone groups is 1. The van der Waals surface area contributed by atoms with E-state index in [4.69, 9.17) is 12.2 Å². The van der Waals surface area contributed by atoms with E-state index in [9.17, 15) is 0 Å². The van der Waals surface area contributed by atoms with E-state index in [0.717, 1.165) is 24.3 Å². The highest BCUT2D eigenvalue weighted by Gasteiger charge is 2.02. The molecule has 0 aliphatic carbocycles. The van der Waals surface area contributed by atoms with Crippen LogP contribution in [0.15, 0.2) is 72.0 Å². The lowest BCUT2D eigenvalue weighted by atomic mass is 10.1. The van der Waals surface area contributed by atoms with Crippen molar-refractivity contribution in [1.82, 2.24) is 9.99 Å². The maximum absolute atomic E-state index is 5.35. The number of nitrogens with zero attached hydrogens (tertiary/aromatic N) is 2. The van der Waals surface area contributed by atoms with Crippen molar-refractivity contribution in [2.45, 2.75) is 26.8 Å². The van der Waals surface area contributed by atoms with E-state index < -0.39 is 0 Å². The van der Waals surface area contributed by atoms with Crippen molar-refractivity contribution < 1.29 is 0 Å². The quantitative estimate of drug-likeness (QED) is 0.371. The molecule has 0 radical (unpaired) electrons. The zero-order chi connectivity index (χ0) is 19.1. The highest BCUT2D eigenvalue weighted by atomic mass is 32.1. The molecule has 27 heavy (non-hydrogen) atoms. The van der Waals surface area contributed by atoms with Gasteiger partial charge in [0.1, 0.15) is 0 Å². The molecule has 2 aromatic carbocycles. The van der Waals surface area contributed by atoms with Gasteiger partial charge in [-0.25, -0.2) is 0 Å². The molecular formula is C22H24N4S. The average Bonchev–Trinajstić information content (AvgIpc) is 3.09. The van der Waals surface area contributed by atoms with Crippen molar-refractivity contribution in [2.75, 3.05) is 5.32 Å². The van der Waals surface area contributed by atoms with Crippen molar-refractivity contribution in [1.29, 1.82) is 0 Å². The Hall–Kier alpha value is -2.92. The van der Waals surface area contributed by atoms with Gasteiger partial charge >= 0.3 is 0 Å². The molecule has 0 aliphatic heterocycles. The Labute approximate surface area is 165 Å². The molecule has 0 saturated carbocycles. The van der Waals surface area contributed by atoms with Crippen LogP contribution in [0.3, 0.4) is 0 Å². The van der Waals surface area contributed by atoms with Crippen LogP contribution in [0.1, 0.15) is 29.3 Å². The molecule has 0 atom stereocenters. The Morgan fingerprint density at radius 3 is 2.78 bits per heavy atom. The highest BCUT2D eigenvalue weighted by molar-refractivity contribution is 7.80. The number of para-hydroxylation sites is 1. The van der Waals surface area contributed by atoms with Crippen LogP contribution >= 0.6 is 12.2 Å². The summed E-state index contributed by atoms with van der Waals surface area (Å²) in [7, 11) is 0. The summed E-state index contributed by atoms with van der Waals surface area (Å²) in [5, 5.41) is 7.96. The number of hydrogen-bond donors (Lipinski definition) is 2. The van der Waals surface area contributed by atoms with E-state index in [2.05, 4.69) is 70.8 Å². The molecular weight excluding hydrogens is 352 g/mol. The van der Waals surface area contributed by atoms with Crippen LogP contribution in [0.5, 0.6) is 0 Å². The monoisotopic (exact) mass is 376 g/mol. The number of hydrogen-bond acceptors (Lipinski definition) is 2. The summed E-state index contributed by atoms with van der Waals surface area (Å²) in [6, 6.07) is 20.7. The molecule has 0 unspecified atom stereocenters. The molecule has 1 heterocycles. The summed E-state index contributed by atoms with van der Waals surface area (Å²) in [6.07, 6.45) is 4.79. The van der Waals surface area contributed by atoms with E-state index in [-0.39, 0.29) is 0 Å². The van der Waals surface area contributed by atoms with Crippen LogP contribution < -0.4 is 10.7 Å². The molecule has 5 heteroatoms. The predicted octanol–water partition coefficient (Wildman–Crippen LogP) is 4.73. The summed E-state index contributed by atoms with van der Waals surface area (Å²) in [6.45, 7) is 5.04. The lowest BCUT2D eigenvalue weighted by Gasteiger charge is -2.11. The lowest BCUT2D eigenvalue weighted by Crippen LogP contribution is -2.24. The highest BCUT2D eigenvalue weighted by Crippen LogP contribution is 2.15. The molecule has 138 valence electrons. The summed E-state index contributed by atoms with van der Waals surface area (Å²) in [5.41, 5.74) is 8.67. The maximum atomic E-state index is 5.35. The van der Waals surface area contributed by atoms with E-state index in [0.29, 0.717) is 5.11 Å². The van der Waals surface area contributed by atoms with Crippen LogP contribution in [0.4, 0.5) is 5.69 Å². The van der Waals surface area contributed by atoms with E-state index >= 15 is 0 Å². The minimum Gasteiger partial charge on any atom is -0.342 e. The SMILES string of the molecule is CCc1ccccc1NC(=S)NN=Cc1cccn1Cc1cccc(C)c1. The molecule has 3 aromatic rings. The predicted molar refractivity (Wildman–Crippen MR) is 117 cm³/mol. The van der Waals surface area contributed by atoms with E-state index in [1.807, 2.05) is 30.3 Å². The molecule has 0 aliphatic rings. The average molecular weight is 377 g/mol. The molecule has 0 spiro atoms. The number of benzene rings is 2. The van der Waals surface area contributed by atoms with Gasteiger partial charge in [0.2, 0.25) is 0 Å². The zero-order valence-corrected chi connectivity index (χ0v) is 16.5. The van der Waals surface area contributed by atoms with E-state index in [1.165, 1.54) is 16.7 Å². The standard InChI is InChI=1S/C22H24N4S/c1-3-19-10-4-5-12-21(19)24-22(27)25-23-15-20-11-7-13-26(20)16-18-9-6-8-17(2)14-18/h4-15H,3,16H2,1-2H3,(H2,24,25,27). The van der Waals surface area contributed by atoms with Crippen LogP contribution in [-0.4, -0.2) is 15.9 Å². The number of aryl methyl sites for hydroxylation is 2. The second-order valence-electron chi connectivity index (χ2n) is 6.38. The first-order valence-electron chi connectivity index (χ1n) is 9.04. The van der Waals surface area contributed by atoms with Gasteiger partial charge in [-0.2, -0.15) is 5.10 Å². The van der Waals surface area contributed by atoms with Gasteiger partial charge in [0.25, 0.3) is 0 Å². The lowest BCUT2D eigenvalue weighted by molar-refractivity contribution is 0.798. The zero-order valence-electron chi connectivity index (χ0n) is 15.6. The topological polar surface area (TPSA) is 41.4 Å². The fourth-order valence-corrected chi connectivity index (χ4v) is 3.12. The van der Waals surface area contributed by atoms with Crippen molar-refractivity contribution in [2.24, 2.45) is 5.10 Å². The van der Waals surface area contributed by atoms with E-state index in [1.54, 1.807) is 6.21 Å². The fraction of sp³-hybridized carbons (Fsp3) is 0.182. The second kappa shape index (κ2) is 9.14. The van der Waals surface area contributed by atoms with Gasteiger partial charge in [0.15, 0.2) is 5.11 Å². The van der Waals surface area contributed by atoms with Gasteiger partial charge < -0.3 is 9.88 Å². The Balaban J connectivity index is 1.60. The van der Waals surface area contributed by atoms with Gasteiger partial charge in [-0.1, -0.05) is 55.0 Å². The van der Waals surface area contributed by atoms with Gasteiger partial charge in [0.05, 0.1) is 11.9 Å². The molecule has 0 bridgehead atoms. The summed E-state index contributed by atoms with van der Waals surface area (Å²) < 4.78 is 2.16. The molecule has 2 N–H and O–H groups in total. The minimum atomic E-state index is 0.476. The first-order valence-corrected chi connectivity index (χ1v) is 9.45. The summed E-state index contributed by atoms with van der Waals surface area (Å²) in [5.74, 6) is 0. The third-order valence-electron chi connectivity index (χ3n) is 4.31. The largest absolute Gasteiger partial charge is 0.342 e. The van der Waals surface area contributed by atoms with Gasteiger partial charge in [-0.3, -0.25) is 5.43 Å². The smallest absolute Gasteiger partial charge is 0.191 e. The molecule has 4 nitrogen and oxygen atoms in total. The Bertz CT molecular complexity index is 943. The Morgan fingerprint density at radius 1 is 1.11 bits per heavy atom. The van der Waals surface area contributed by atoms with Gasteiger partial charge in [-0.05, 0) is 54.9 Å². The number of aromatic nitrogens is 1. The Kier molecular flexibility index (Phi) is 6.39. The first kappa shape index (κ1) is 18.9. The second-order valence-corrected chi connectivity index (χ2v) is 6.79. The maximum Gasteiger partial charge on any atom is 0.191 e. The number of anilines is 1. The molecule has 1 aromatic heterocycles. The number of nitrogens with one attached hydrogen (secondary N) is 2. The van der Waals surface area contributed by atoms with Crippen molar-refractivity contribution in [3.8, 4) is 0 Å². The van der Waals surface area contributed by atoms with Crippen molar-refractivity contribution >= 4 is 29.2 Å². The Morgan fingerprint density at radius 2 is 1.96 bits per heavy atom. The number of thiocarbonyl (C=S) groups is 1. The fourth-order valence-electron chi connectivity index (χ4n) is 2.95. The third-order valence-corrected chi connectivity index (χ3v) is 4.50. The normalized spacial score (nSPS) is 10.9. The minimum absolute atomic E-state index is 0.476. The number of rotatable bonds is 6. The van der Waals surface area contributed by atoms with Crippen molar-refractivity contribution in [3.05, 3.63) is 89.2 Å². The van der Waals surface area contributed by atoms with Crippen LogP contribution in [0, 0.1) is 6.92 Å². The van der Waals surface area contributed by atoms with Crippen LogP contribution in [-0.2, 0) is 13.0 Å². The van der Waals surface area contributed by atoms with Crippen molar-refractivity contribution in [3.63, 3.8) is 0 Å². The first-order chi connectivity index (χ1) is 13.2. The third kappa shape index (κ3) is 5.28. The summed E-state index contributed by atoms with van der Waals surface area (Å²) >= 11 is 5.35. The summed E-state index contributed by atoms with van der Waals surface area (Å²) in [4.78, 5) is 0. The van der Waals surface area contributed by atoms with Gasteiger partial charge in [0, 0.05) is 18.4 Å². The van der Waals surface area contributed by atoms with Crippen LogP contribution in [0.2, 0.25) is 0 Å². The molecule has 3 rings (SSSR count). The molecule has 0 saturated heterocycles. The van der Waals surface area contributed by atoms with Crippen LogP contribution in [0.25, 0.3) is 0 Å². The van der Waals surface area contributed by atoms with Gasteiger partial charge in [-0.15, -0.1) is 0 Å². The molecule has 0 fully saturated rings. The molecule has 0 amide bonds.